The van der Waals surface area contributed by atoms with E-state index in [-0.39, 0.29) is 0 Å². The van der Waals surface area contributed by atoms with Gasteiger partial charge in [0.05, 0.1) is 17.3 Å². The highest BCUT2D eigenvalue weighted by molar-refractivity contribution is 5.84. The molecule has 1 aromatic carbocycles. The van der Waals surface area contributed by atoms with Gasteiger partial charge in [-0.25, -0.2) is 15.0 Å². The number of fused-ring (bicyclic) bond motifs is 2. The molecule has 3 heterocycles. The lowest BCUT2D eigenvalue weighted by molar-refractivity contribution is 0.552. The van der Waals surface area contributed by atoms with E-state index in [1.165, 1.54) is 25.7 Å². The average molecular weight is 334 g/mol. The molecule has 5 nitrogen and oxygen atoms in total. The smallest absolute Gasteiger partial charge is 0.198 e. The normalized spacial score (nSPS) is 11.6. The van der Waals surface area contributed by atoms with Gasteiger partial charge < -0.3 is 8.98 Å². The second-order valence-corrected chi connectivity index (χ2v) is 6.34. The van der Waals surface area contributed by atoms with E-state index in [4.69, 9.17) is 19.4 Å². The van der Waals surface area contributed by atoms with Gasteiger partial charge in [0.1, 0.15) is 0 Å². The van der Waals surface area contributed by atoms with Crippen LogP contribution in [0.1, 0.15) is 39.0 Å². The van der Waals surface area contributed by atoms with Gasteiger partial charge in [0.25, 0.3) is 0 Å². The van der Waals surface area contributed by atoms with Crippen LogP contribution < -0.4 is 0 Å². The fourth-order valence-corrected chi connectivity index (χ4v) is 3.18. The van der Waals surface area contributed by atoms with Gasteiger partial charge in [0.15, 0.2) is 22.9 Å². The zero-order valence-electron chi connectivity index (χ0n) is 14.5. The van der Waals surface area contributed by atoms with Gasteiger partial charge in [0, 0.05) is 6.54 Å². The zero-order chi connectivity index (χ0) is 17.1. The molecule has 0 saturated heterocycles. The topological polar surface area (TPSA) is 56.7 Å². The molecule has 4 aromatic rings. The predicted octanol–water partition coefficient (Wildman–Crippen LogP) is 5.21. The Kier molecular flexibility index (Phi) is 4.46. The molecule has 0 aliphatic rings. The lowest BCUT2D eigenvalue weighted by atomic mass is 10.1. The molecule has 0 aliphatic carbocycles. The molecule has 0 amide bonds. The van der Waals surface area contributed by atoms with Crippen molar-refractivity contribution in [2.24, 2.45) is 0 Å². The van der Waals surface area contributed by atoms with Crippen LogP contribution in [0.25, 0.3) is 33.9 Å². The molecule has 3 aromatic heterocycles. The maximum absolute atomic E-state index is 5.59. The highest BCUT2D eigenvalue weighted by Gasteiger charge is 2.17. The summed E-state index contributed by atoms with van der Waals surface area (Å²) in [6.45, 7) is 3.11. The molecule has 0 unspecified atom stereocenters. The third-order valence-corrected chi connectivity index (χ3v) is 4.48. The van der Waals surface area contributed by atoms with Gasteiger partial charge in [-0.15, -0.1) is 0 Å². The molecule has 0 saturated carbocycles. The fourth-order valence-electron chi connectivity index (χ4n) is 3.18. The Bertz CT molecular complexity index is 972. The zero-order valence-corrected chi connectivity index (χ0v) is 14.5. The molecule has 0 fully saturated rings. The summed E-state index contributed by atoms with van der Waals surface area (Å²) in [5, 5.41) is 0. The van der Waals surface area contributed by atoms with Crippen LogP contribution in [0.15, 0.2) is 47.1 Å². The standard InChI is InChI=1S/C20H22N4O/c1-2-3-4-5-8-13-24-19(17-12-9-14-25-17)23-18-20(24)22-16-11-7-6-10-15(16)21-18/h6-7,9-12,14H,2-5,8,13H2,1H3. The second kappa shape index (κ2) is 7.05. The number of nitrogens with zero attached hydrogens (tertiary/aromatic N) is 4. The van der Waals surface area contributed by atoms with Crippen LogP contribution in [0.2, 0.25) is 0 Å². The summed E-state index contributed by atoms with van der Waals surface area (Å²) in [6.07, 6.45) is 7.81. The minimum absolute atomic E-state index is 0.679. The van der Waals surface area contributed by atoms with Gasteiger partial charge >= 0.3 is 0 Å². The number of benzene rings is 1. The Balaban J connectivity index is 1.75. The second-order valence-electron chi connectivity index (χ2n) is 6.34. The van der Waals surface area contributed by atoms with Crippen molar-refractivity contribution in [2.75, 3.05) is 0 Å². The number of hydrogen-bond donors (Lipinski definition) is 0. The number of aromatic nitrogens is 4. The van der Waals surface area contributed by atoms with E-state index < -0.39 is 0 Å². The first-order valence-electron chi connectivity index (χ1n) is 9.03. The molecule has 25 heavy (non-hydrogen) atoms. The first-order chi connectivity index (χ1) is 12.4. The van der Waals surface area contributed by atoms with Crippen molar-refractivity contribution in [3.05, 3.63) is 42.7 Å². The molecule has 0 N–H and O–H groups in total. The van der Waals surface area contributed by atoms with Crippen LogP contribution in [0, 0.1) is 0 Å². The summed E-state index contributed by atoms with van der Waals surface area (Å²) in [5.41, 5.74) is 3.28. The summed E-state index contributed by atoms with van der Waals surface area (Å²) >= 11 is 0. The Morgan fingerprint density at radius 2 is 1.68 bits per heavy atom. The Hall–Kier alpha value is -2.69. The predicted molar refractivity (Wildman–Crippen MR) is 99.3 cm³/mol. The number of aryl methyl sites for hydroxylation is 1. The SMILES string of the molecule is CCCCCCCn1c(-c2ccco2)nc2nc3ccccc3nc21. The molecule has 0 spiro atoms. The minimum atomic E-state index is 0.679. The number of para-hydroxylation sites is 2. The first-order valence-corrected chi connectivity index (χ1v) is 9.03. The first kappa shape index (κ1) is 15.8. The summed E-state index contributed by atoms with van der Waals surface area (Å²) in [4.78, 5) is 14.2. The van der Waals surface area contributed by atoms with Gasteiger partial charge in [0.2, 0.25) is 0 Å². The summed E-state index contributed by atoms with van der Waals surface area (Å²) in [5.74, 6) is 1.57. The number of imidazole rings is 1. The van der Waals surface area contributed by atoms with Crippen LogP contribution in [-0.2, 0) is 6.54 Å². The van der Waals surface area contributed by atoms with Crippen molar-refractivity contribution in [2.45, 2.75) is 45.6 Å². The van der Waals surface area contributed by atoms with Crippen molar-refractivity contribution >= 4 is 22.3 Å². The van der Waals surface area contributed by atoms with Crippen LogP contribution in [0.4, 0.5) is 0 Å². The van der Waals surface area contributed by atoms with E-state index in [0.29, 0.717) is 5.65 Å². The summed E-state index contributed by atoms with van der Waals surface area (Å²) in [6, 6.07) is 11.7. The van der Waals surface area contributed by atoms with E-state index in [1.807, 2.05) is 36.4 Å². The van der Waals surface area contributed by atoms with Crippen LogP contribution in [0.5, 0.6) is 0 Å². The van der Waals surface area contributed by atoms with E-state index >= 15 is 0 Å². The van der Waals surface area contributed by atoms with Gasteiger partial charge in [-0.1, -0.05) is 44.7 Å². The van der Waals surface area contributed by atoms with Gasteiger partial charge in [-0.2, -0.15) is 0 Å². The van der Waals surface area contributed by atoms with Crippen molar-refractivity contribution in [1.82, 2.24) is 19.5 Å². The van der Waals surface area contributed by atoms with Crippen LogP contribution in [-0.4, -0.2) is 19.5 Å². The maximum Gasteiger partial charge on any atom is 0.198 e. The van der Waals surface area contributed by atoms with Crippen molar-refractivity contribution in [1.29, 1.82) is 0 Å². The number of rotatable bonds is 7. The molecule has 0 bridgehead atoms. The van der Waals surface area contributed by atoms with Gasteiger partial charge in [-0.05, 0) is 30.7 Å². The van der Waals surface area contributed by atoms with Crippen molar-refractivity contribution in [3.8, 4) is 11.6 Å². The molecule has 0 radical (unpaired) electrons. The average Bonchev–Trinajstić information content (AvgIpc) is 3.27. The largest absolute Gasteiger partial charge is 0.461 e. The molecule has 0 atom stereocenters. The van der Waals surface area contributed by atoms with E-state index in [0.717, 1.165) is 41.2 Å². The lowest BCUT2D eigenvalue weighted by Crippen LogP contribution is -2.02. The number of furan rings is 1. The van der Waals surface area contributed by atoms with Crippen LogP contribution >= 0.6 is 0 Å². The summed E-state index contributed by atoms with van der Waals surface area (Å²) < 4.78 is 7.75. The molecular formula is C20H22N4O. The highest BCUT2D eigenvalue weighted by Crippen LogP contribution is 2.25. The van der Waals surface area contributed by atoms with E-state index in [9.17, 15) is 0 Å². The third-order valence-electron chi connectivity index (χ3n) is 4.48. The monoisotopic (exact) mass is 334 g/mol. The number of hydrogen-bond acceptors (Lipinski definition) is 4. The van der Waals surface area contributed by atoms with E-state index in [1.54, 1.807) is 6.26 Å². The van der Waals surface area contributed by atoms with Gasteiger partial charge in [-0.3, -0.25) is 0 Å². The highest BCUT2D eigenvalue weighted by atomic mass is 16.3. The van der Waals surface area contributed by atoms with Crippen molar-refractivity contribution in [3.63, 3.8) is 0 Å². The molecular weight excluding hydrogens is 312 g/mol. The maximum atomic E-state index is 5.59. The molecule has 4 rings (SSSR count). The van der Waals surface area contributed by atoms with Crippen LogP contribution in [0.3, 0.4) is 0 Å². The summed E-state index contributed by atoms with van der Waals surface area (Å²) in [7, 11) is 0. The quantitative estimate of drug-likeness (QED) is 0.435. The molecule has 5 heteroatoms. The Morgan fingerprint density at radius 3 is 2.44 bits per heavy atom. The number of unbranched alkanes of at least 4 members (excludes halogenated alkanes) is 4. The molecule has 0 aliphatic heterocycles. The fraction of sp³-hybridized carbons (Fsp3) is 0.350. The minimum Gasteiger partial charge on any atom is -0.461 e. The lowest BCUT2D eigenvalue weighted by Gasteiger charge is -2.07. The van der Waals surface area contributed by atoms with E-state index in [2.05, 4.69) is 11.5 Å². The Labute approximate surface area is 146 Å². The third kappa shape index (κ3) is 3.14. The van der Waals surface area contributed by atoms with Crippen molar-refractivity contribution < 1.29 is 4.42 Å². The molecule has 128 valence electrons. The Morgan fingerprint density at radius 1 is 0.880 bits per heavy atom.